The maximum Gasteiger partial charge on any atom is 0.224 e. The summed E-state index contributed by atoms with van der Waals surface area (Å²) in [6, 6.07) is 7.20. The number of nitrogens with one attached hydrogen (secondary N) is 1. The highest BCUT2D eigenvalue weighted by Crippen LogP contribution is 2.17. The Morgan fingerprint density at radius 1 is 1.24 bits per heavy atom. The number of nitrogens with zero attached hydrogens (tertiary/aromatic N) is 1. The topological polar surface area (TPSA) is 49.4 Å². The molecular formula is C13H18N2O2. The molecular weight excluding hydrogens is 216 g/mol. The number of amides is 2. The lowest BCUT2D eigenvalue weighted by molar-refractivity contribution is -0.117. The van der Waals surface area contributed by atoms with E-state index in [2.05, 4.69) is 5.32 Å². The monoisotopic (exact) mass is 234 g/mol. The van der Waals surface area contributed by atoms with Gasteiger partial charge in [0, 0.05) is 31.8 Å². The summed E-state index contributed by atoms with van der Waals surface area (Å²) in [6.45, 7) is 3.47. The minimum Gasteiger partial charge on any atom is -0.326 e. The fourth-order valence-electron chi connectivity index (χ4n) is 1.40. The van der Waals surface area contributed by atoms with Crippen LogP contribution in [0.1, 0.15) is 26.7 Å². The average molecular weight is 234 g/mol. The fourth-order valence-corrected chi connectivity index (χ4v) is 1.40. The third kappa shape index (κ3) is 3.90. The van der Waals surface area contributed by atoms with Crippen molar-refractivity contribution in [2.24, 2.45) is 0 Å². The zero-order valence-electron chi connectivity index (χ0n) is 10.5. The number of hydrogen-bond donors (Lipinski definition) is 1. The molecule has 0 saturated carbocycles. The van der Waals surface area contributed by atoms with E-state index in [1.165, 1.54) is 6.92 Å². The van der Waals surface area contributed by atoms with Gasteiger partial charge in [-0.15, -0.1) is 0 Å². The Labute approximate surface area is 102 Å². The molecule has 0 aliphatic rings. The summed E-state index contributed by atoms with van der Waals surface area (Å²) in [7, 11) is 1.72. The lowest BCUT2D eigenvalue weighted by Gasteiger charge is -2.15. The van der Waals surface area contributed by atoms with Crippen LogP contribution < -0.4 is 10.2 Å². The van der Waals surface area contributed by atoms with Crippen LogP contribution >= 0.6 is 0 Å². The molecule has 4 heteroatoms. The predicted molar refractivity (Wildman–Crippen MR) is 69.1 cm³/mol. The first kappa shape index (κ1) is 13.2. The van der Waals surface area contributed by atoms with Crippen LogP contribution in [0.15, 0.2) is 24.3 Å². The average Bonchev–Trinajstić information content (AvgIpc) is 2.29. The van der Waals surface area contributed by atoms with Crippen molar-refractivity contribution in [2.75, 3.05) is 17.3 Å². The van der Waals surface area contributed by atoms with Crippen LogP contribution in [-0.4, -0.2) is 18.9 Å². The zero-order chi connectivity index (χ0) is 12.8. The molecule has 2 amide bonds. The first-order chi connectivity index (χ1) is 8.04. The number of rotatable bonds is 4. The van der Waals surface area contributed by atoms with Gasteiger partial charge in [-0.05, 0) is 30.7 Å². The highest BCUT2D eigenvalue weighted by atomic mass is 16.2. The summed E-state index contributed by atoms with van der Waals surface area (Å²) in [5, 5.41) is 2.80. The van der Waals surface area contributed by atoms with Gasteiger partial charge in [0.2, 0.25) is 11.8 Å². The van der Waals surface area contributed by atoms with E-state index in [1.807, 2.05) is 19.1 Å². The molecule has 92 valence electrons. The van der Waals surface area contributed by atoms with Gasteiger partial charge in [0.05, 0.1) is 0 Å². The second kappa shape index (κ2) is 6.03. The van der Waals surface area contributed by atoms with Gasteiger partial charge in [-0.3, -0.25) is 9.59 Å². The van der Waals surface area contributed by atoms with Gasteiger partial charge in [0.1, 0.15) is 0 Å². The molecule has 0 atom stereocenters. The SMILES string of the molecule is CCCC(=O)Nc1ccc(N(C)C(C)=O)cc1. The summed E-state index contributed by atoms with van der Waals surface area (Å²) in [6.07, 6.45) is 1.35. The van der Waals surface area contributed by atoms with Crippen molar-refractivity contribution >= 4 is 23.2 Å². The van der Waals surface area contributed by atoms with Gasteiger partial charge in [-0.1, -0.05) is 6.92 Å². The van der Waals surface area contributed by atoms with E-state index in [0.29, 0.717) is 6.42 Å². The molecule has 0 spiro atoms. The molecule has 0 saturated heterocycles. The number of carbonyl (C=O) groups excluding carboxylic acids is 2. The van der Waals surface area contributed by atoms with Crippen LogP contribution in [0.5, 0.6) is 0 Å². The van der Waals surface area contributed by atoms with Gasteiger partial charge in [0.25, 0.3) is 0 Å². The quantitative estimate of drug-likeness (QED) is 0.869. The van der Waals surface area contributed by atoms with Gasteiger partial charge in [-0.2, -0.15) is 0 Å². The number of anilines is 2. The second-order valence-corrected chi connectivity index (χ2v) is 3.92. The van der Waals surface area contributed by atoms with E-state index in [4.69, 9.17) is 0 Å². The standard InChI is InChI=1S/C13H18N2O2/c1-4-5-13(17)14-11-6-8-12(9-7-11)15(3)10(2)16/h6-9H,4-5H2,1-3H3,(H,14,17). The van der Waals surface area contributed by atoms with Crippen molar-refractivity contribution in [3.8, 4) is 0 Å². The molecule has 1 aromatic carbocycles. The molecule has 1 N–H and O–H groups in total. The molecule has 0 aromatic heterocycles. The Morgan fingerprint density at radius 3 is 2.29 bits per heavy atom. The minimum absolute atomic E-state index is 0.0140. The van der Waals surface area contributed by atoms with Crippen LogP contribution in [0.4, 0.5) is 11.4 Å². The number of carbonyl (C=O) groups is 2. The minimum atomic E-state index is -0.0206. The molecule has 0 heterocycles. The molecule has 0 fully saturated rings. The third-order valence-electron chi connectivity index (χ3n) is 2.49. The van der Waals surface area contributed by atoms with Gasteiger partial charge in [-0.25, -0.2) is 0 Å². The second-order valence-electron chi connectivity index (χ2n) is 3.92. The molecule has 17 heavy (non-hydrogen) atoms. The highest BCUT2D eigenvalue weighted by molar-refractivity contribution is 5.93. The van der Waals surface area contributed by atoms with Crippen molar-refractivity contribution in [2.45, 2.75) is 26.7 Å². The Balaban J connectivity index is 2.68. The number of benzene rings is 1. The summed E-state index contributed by atoms with van der Waals surface area (Å²) >= 11 is 0. The van der Waals surface area contributed by atoms with Crippen molar-refractivity contribution in [1.82, 2.24) is 0 Å². The molecule has 0 aliphatic heterocycles. The molecule has 1 aromatic rings. The van der Waals surface area contributed by atoms with Crippen LogP contribution in [0.25, 0.3) is 0 Å². The zero-order valence-corrected chi connectivity index (χ0v) is 10.5. The van der Waals surface area contributed by atoms with Crippen LogP contribution in [0.2, 0.25) is 0 Å². The summed E-state index contributed by atoms with van der Waals surface area (Å²) < 4.78 is 0. The maximum absolute atomic E-state index is 11.4. The molecule has 0 unspecified atom stereocenters. The van der Waals surface area contributed by atoms with Crippen LogP contribution in [-0.2, 0) is 9.59 Å². The van der Waals surface area contributed by atoms with Crippen LogP contribution in [0.3, 0.4) is 0 Å². The van der Waals surface area contributed by atoms with Crippen molar-refractivity contribution in [3.05, 3.63) is 24.3 Å². The number of hydrogen-bond acceptors (Lipinski definition) is 2. The summed E-state index contributed by atoms with van der Waals surface area (Å²) in [4.78, 5) is 24.1. The Hall–Kier alpha value is -1.84. The van der Waals surface area contributed by atoms with E-state index in [1.54, 1.807) is 24.1 Å². The molecule has 0 radical (unpaired) electrons. The van der Waals surface area contributed by atoms with Gasteiger partial charge < -0.3 is 10.2 Å². The molecule has 0 aliphatic carbocycles. The normalized spacial score (nSPS) is 9.82. The van der Waals surface area contributed by atoms with E-state index >= 15 is 0 Å². The van der Waals surface area contributed by atoms with E-state index in [9.17, 15) is 9.59 Å². The van der Waals surface area contributed by atoms with E-state index < -0.39 is 0 Å². The lowest BCUT2D eigenvalue weighted by Crippen LogP contribution is -2.22. The Bertz CT molecular complexity index is 398. The summed E-state index contributed by atoms with van der Waals surface area (Å²) in [5.41, 5.74) is 1.56. The van der Waals surface area contributed by atoms with E-state index in [0.717, 1.165) is 17.8 Å². The Morgan fingerprint density at radius 2 is 1.82 bits per heavy atom. The largest absolute Gasteiger partial charge is 0.326 e. The Kier molecular flexibility index (Phi) is 4.69. The third-order valence-corrected chi connectivity index (χ3v) is 2.49. The van der Waals surface area contributed by atoms with Crippen molar-refractivity contribution < 1.29 is 9.59 Å². The molecule has 4 nitrogen and oxygen atoms in total. The van der Waals surface area contributed by atoms with Crippen LogP contribution in [0, 0.1) is 0 Å². The first-order valence-corrected chi connectivity index (χ1v) is 5.68. The maximum atomic E-state index is 11.4. The smallest absolute Gasteiger partial charge is 0.224 e. The summed E-state index contributed by atoms with van der Waals surface area (Å²) in [5.74, 6) is -0.00654. The molecule has 1 rings (SSSR count). The van der Waals surface area contributed by atoms with Crippen molar-refractivity contribution in [1.29, 1.82) is 0 Å². The van der Waals surface area contributed by atoms with Gasteiger partial charge >= 0.3 is 0 Å². The van der Waals surface area contributed by atoms with E-state index in [-0.39, 0.29) is 11.8 Å². The van der Waals surface area contributed by atoms with Crippen molar-refractivity contribution in [3.63, 3.8) is 0 Å². The first-order valence-electron chi connectivity index (χ1n) is 5.68. The highest BCUT2D eigenvalue weighted by Gasteiger charge is 2.05. The molecule has 0 bridgehead atoms. The fraction of sp³-hybridized carbons (Fsp3) is 0.385. The predicted octanol–water partition coefficient (Wildman–Crippen LogP) is 2.41. The lowest BCUT2D eigenvalue weighted by atomic mass is 10.2. The van der Waals surface area contributed by atoms with Gasteiger partial charge in [0.15, 0.2) is 0 Å².